The van der Waals surface area contributed by atoms with E-state index in [-0.39, 0.29) is 18.9 Å². The second-order valence-corrected chi connectivity index (χ2v) is 6.03. The molecule has 0 unspecified atom stereocenters. The van der Waals surface area contributed by atoms with Gasteiger partial charge >= 0.3 is 5.97 Å². The van der Waals surface area contributed by atoms with E-state index in [9.17, 15) is 14.0 Å². The topological polar surface area (TPSA) is 57.6 Å². The van der Waals surface area contributed by atoms with Gasteiger partial charge in [-0.05, 0) is 18.6 Å². The standard InChI is InChI=1S/C14H12FNO3S2/c15-10-5-2-1-4-9(10)8-11-13(19)16(14(20)21-11)7-3-6-12(17)18/h1-2,4-5,8H,3,6-7H2,(H,17,18). The summed E-state index contributed by atoms with van der Waals surface area (Å²) in [5, 5.41) is 8.60. The van der Waals surface area contributed by atoms with E-state index in [2.05, 4.69) is 0 Å². The van der Waals surface area contributed by atoms with E-state index >= 15 is 0 Å². The van der Waals surface area contributed by atoms with E-state index in [1.807, 2.05) is 0 Å². The van der Waals surface area contributed by atoms with Crippen molar-refractivity contribution in [2.75, 3.05) is 6.54 Å². The Morgan fingerprint density at radius 2 is 2.14 bits per heavy atom. The van der Waals surface area contributed by atoms with Gasteiger partial charge in [0.05, 0.1) is 4.91 Å². The molecule has 1 saturated heterocycles. The minimum absolute atomic E-state index is 0.0244. The Morgan fingerprint density at radius 3 is 2.81 bits per heavy atom. The molecule has 7 heteroatoms. The molecule has 4 nitrogen and oxygen atoms in total. The first-order chi connectivity index (χ1) is 9.99. The van der Waals surface area contributed by atoms with Crippen LogP contribution in [-0.2, 0) is 9.59 Å². The molecule has 1 aromatic carbocycles. The van der Waals surface area contributed by atoms with Crippen LogP contribution in [-0.4, -0.2) is 32.7 Å². The van der Waals surface area contributed by atoms with Gasteiger partial charge < -0.3 is 5.11 Å². The van der Waals surface area contributed by atoms with E-state index in [1.54, 1.807) is 18.2 Å². The van der Waals surface area contributed by atoms with Crippen LogP contribution in [0.25, 0.3) is 6.08 Å². The number of aliphatic carboxylic acids is 1. The molecule has 110 valence electrons. The molecule has 1 aliphatic rings. The smallest absolute Gasteiger partial charge is 0.303 e. The van der Waals surface area contributed by atoms with Crippen molar-refractivity contribution in [1.29, 1.82) is 0 Å². The summed E-state index contributed by atoms with van der Waals surface area (Å²) >= 11 is 6.21. The second kappa shape index (κ2) is 6.82. The van der Waals surface area contributed by atoms with E-state index in [1.165, 1.54) is 17.0 Å². The van der Waals surface area contributed by atoms with Crippen molar-refractivity contribution in [3.63, 3.8) is 0 Å². The summed E-state index contributed by atoms with van der Waals surface area (Å²) < 4.78 is 13.9. The number of thioether (sulfide) groups is 1. The maximum Gasteiger partial charge on any atom is 0.303 e. The molecule has 1 fully saturated rings. The average Bonchev–Trinajstić information content (AvgIpc) is 2.68. The third-order valence-electron chi connectivity index (χ3n) is 2.84. The molecule has 2 rings (SSSR count). The van der Waals surface area contributed by atoms with Crippen LogP contribution < -0.4 is 0 Å². The van der Waals surface area contributed by atoms with Gasteiger partial charge in [0.1, 0.15) is 10.1 Å². The summed E-state index contributed by atoms with van der Waals surface area (Å²) in [6.07, 6.45) is 1.77. The fourth-order valence-corrected chi connectivity index (χ4v) is 3.11. The quantitative estimate of drug-likeness (QED) is 0.666. The van der Waals surface area contributed by atoms with Crippen LogP contribution in [0, 0.1) is 5.82 Å². The highest BCUT2D eigenvalue weighted by Gasteiger charge is 2.31. The van der Waals surface area contributed by atoms with E-state index < -0.39 is 11.8 Å². The van der Waals surface area contributed by atoms with E-state index in [0.717, 1.165) is 11.8 Å². The zero-order chi connectivity index (χ0) is 15.4. The van der Waals surface area contributed by atoms with Gasteiger partial charge in [0, 0.05) is 18.5 Å². The van der Waals surface area contributed by atoms with Crippen LogP contribution in [0.5, 0.6) is 0 Å². The molecule has 0 aliphatic carbocycles. The summed E-state index contributed by atoms with van der Waals surface area (Å²) in [6, 6.07) is 6.15. The Labute approximate surface area is 130 Å². The van der Waals surface area contributed by atoms with Crippen LogP contribution in [0.4, 0.5) is 4.39 Å². The SMILES string of the molecule is O=C(O)CCCN1C(=O)C(=Cc2ccccc2F)SC1=S. The second-order valence-electron chi connectivity index (χ2n) is 4.35. The largest absolute Gasteiger partial charge is 0.481 e. The van der Waals surface area contributed by atoms with Crippen molar-refractivity contribution < 1.29 is 19.1 Å². The van der Waals surface area contributed by atoms with E-state index in [0.29, 0.717) is 21.2 Å². The Bertz CT molecular complexity index is 630. The lowest BCUT2D eigenvalue weighted by atomic mass is 10.2. The molecule has 0 spiro atoms. The lowest BCUT2D eigenvalue weighted by Gasteiger charge is -2.13. The third kappa shape index (κ3) is 3.89. The Morgan fingerprint density at radius 1 is 1.43 bits per heavy atom. The summed E-state index contributed by atoms with van der Waals surface area (Å²) in [4.78, 5) is 24.4. The molecule has 0 atom stereocenters. The number of carbonyl (C=O) groups excluding carboxylic acids is 1. The number of rotatable bonds is 5. The van der Waals surface area contributed by atoms with Gasteiger partial charge in [-0.1, -0.05) is 42.2 Å². The average molecular weight is 325 g/mol. The summed E-state index contributed by atoms with van der Waals surface area (Å²) in [6.45, 7) is 0.256. The van der Waals surface area contributed by atoms with Gasteiger partial charge in [-0.2, -0.15) is 0 Å². The Hall–Kier alpha value is -1.73. The summed E-state index contributed by atoms with van der Waals surface area (Å²) in [5.74, 6) is -1.63. The molecule has 1 N–H and O–H groups in total. The number of nitrogens with zero attached hydrogens (tertiary/aromatic N) is 1. The predicted molar refractivity (Wildman–Crippen MR) is 83.1 cm³/mol. The monoisotopic (exact) mass is 325 g/mol. The van der Waals surface area contributed by atoms with Gasteiger partial charge in [0.15, 0.2) is 0 Å². The molecule has 1 aliphatic heterocycles. The normalized spacial score (nSPS) is 16.8. The number of halogens is 1. The molecule has 21 heavy (non-hydrogen) atoms. The molecule has 1 aromatic rings. The number of carboxylic acids is 1. The maximum atomic E-state index is 13.6. The van der Waals surface area contributed by atoms with Gasteiger partial charge in [-0.25, -0.2) is 4.39 Å². The Balaban J connectivity index is 2.11. The fourth-order valence-electron chi connectivity index (χ4n) is 1.81. The molecule has 1 amide bonds. The van der Waals surface area contributed by atoms with Gasteiger partial charge in [0.25, 0.3) is 5.91 Å². The number of hydrogen-bond acceptors (Lipinski definition) is 4. The number of amides is 1. The number of benzene rings is 1. The minimum atomic E-state index is -0.915. The zero-order valence-corrected chi connectivity index (χ0v) is 12.5. The zero-order valence-electron chi connectivity index (χ0n) is 10.9. The molecule has 1 heterocycles. The van der Waals surface area contributed by atoms with Gasteiger partial charge in [0.2, 0.25) is 0 Å². The van der Waals surface area contributed by atoms with Crippen molar-refractivity contribution in [2.24, 2.45) is 0 Å². The highest BCUT2D eigenvalue weighted by molar-refractivity contribution is 8.26. The fraction of sp³-hybridized carbons (Fsp3) is 0.214. The van der Waals surface area contributed by atoms with E-state index in [4.69, 9.17) is 17.3 Å². The number of thiocarbonyl (C=S) groups is 1. The minimum Gasteiger partial charge on any atom is -0.481 e. The highest BCUT2D eigenvalue weighted by Crippen LogP contribution is 2.33. The first-order valence-corrected chi connectivity index (χ1v) is 7.43. The lowest BCUT2D eigenvalue weighted by molar-refractivity contribution is -0.137. The third-order valence-corrected chi connectivity index (χ3v) is 4.22. The van der Waals surface area contributed by atoms with Crippen LogP contribution in [0.1, 0.15) is 18.4 Å². The first kappa shape index (κ1) is 15.7. The van der Waals surface area contributed by atoms with Crippen molar-refractivity contribution in [1.82, 2.24) is 4.90 Å². The summed E-state index contributed by atoms with van der Waals surface area (Å²) in [7, 11) is 0. The summed E-state index contributed by atoms with van der Waals surface area (Å²) in [5.41, 5.74) is 0.323. The number of carbonyl (C=O) groups is 2. The van der Waals surface area contributed by atoms with Crippen LogP contribution in [0.15, 0.2) is 29.2 Å². The maximum absolute atomic E-state index is 13.6. The molecule has 0 radical (unpaired) electrons. The number of carboxylic acid groups (broad SMARTS) is 1. The molecule has 0 aromatic heterocycles. The Kier molecular flexibility index (Phi) is 5.08. The van der Waals surface area contributed by atoms with Crippen molar-refractivity contribution >= 4 is 46.3 Å². The molecular formula is C14H12FNO3S2. The van der Waals surface area contributed by atoms with Crippen LogP contribution in [0.2, 0.25) is 0 Å². The number of hydrogen-bond donors (Lipinski definition) is 1. The first-order valence-electron chi connectivity index (χ1n) is 6.20. The molecule has 0 saturated carbocycles. The predicted octanol–water partition coefficient (Wildman–Crippen LogP) is 2.89. The van der Waals surface area contributed by atoms with Crippen molar-refractivity contribution in [3.05, 3.63) is 40.6 Å². The van der Waals surface area contributed by atoms with Gasteiger partial charge in [-0.3, -0.25) is 14.5 Å². The van der Waals surface area contributed by atoms with Crippen molar-refractivity contribution in [2.45, 2.75) is 12.8 Å². The molecule has 0 bridgehead atoms. The van der Waals surface area contributed by atoms with Gasteiger partial charge in [-0.15, -0.1) is 0 Å². The van der Waals surface area contributed by atoms with Crippen molar-refractivity contribution in [3.8, 4) is 0 Å². The van der Waals surface area contributed by atoms with Crippen LogP contribution >= 0.6 is 24.0 Å². The molecular weight excluding hydrogens is 313 g/mol. The van der Waals surface area contributed by atoms with Crippen LogP contribution in [0.3, 0.4) is 0 Å². The lowest BCUT2D eigenvalue weighted by Crippen LogP contribution is -2.29. The highest BCUT2D eigenvalue weighted by atomic mass is 32.2.